The highest BCUT2D eigenvalue weighted by Gasteiger charge is 2.58. The van der Waals surface area contributed by atoms with Gasteiger partial charge in [0.15, 0.2) is 12.0 Å². The number of ether oxygens (including phenoxy) is 1. The van der Waals surface area contributed by atoms with Crippen LogP contribution in [0.25, 0.3) is 0 Å². The van der Waals surface area contributed by atoms with Gasteiger partial charge in [-0.2, -0.15) is 0 Å². The molecule has 2 rings (SSSR count). The van der Waals surface area contributed by atoms with Crippen LogP contribution in [-0.4, -0.2) is 90.2 Å². The smallest absolute Gasteiger partial charge is 0.329 e. The molecule has 0 bridgehead atoms. The van der Waals surface area contributed by atoms with Crippen LogP contribution in [0.5, 0.6) is 0 Å². The van der Waals surface area contributed by atoms with Gasteiger partial charge in [-0.25, -0.2) is 9.59 Å². The molecule has 4 amide bonds. The van der Waals surface area contributed by atoms with E-state index in [0.29, 0.717) is 6.54 Å². The molecule has 1 saturated carbocycles. The number of hydrogen-bond acceptors (Lipinski definition) is 8. The Balaban J connectivity index is 2.10. The number of carbonyl (C=O) groups is 5. The van der Waals surface area contributed by atoms with Crippen LogP contribution in [0, 0.1) is 23.2 Å². The van der Waals surface area contributed by atoms with Crippen molar-refractivity contribution in [2.45, 2.75) is 65.4 Å². The predicted molar refractivity (Wildman–Crippen MR) is 144 cm³/mol. The second-order valence-electron chi connectivity index (χ2n) is 11.4. The standard InChI is InChI=1S/C27H43N5O7/c1-8-10-28-22(34)18(33)13-29-23(35)20-17-12-16(17)14-32(20)24(36)21(27(5,6)7)31-26(38)30-19(15(3)4)25(37)39-11-9-2/h8-9,15-17,19-22,28,34H,1-2,10-14H2,3-7H3,(H,29,35)(H2,30,31,38)/t16-,17-,19-,20-,21+,22?/m0/s1. The Labute approximate surface area is 230 Å². The Morgan fingerprint density at radius 2 is 1.77 bits per heavy atom. The van der Waals surface area contributed by atoms with Crippen molar-refractivity contribution in [3.05, 3.63) is 25.3 Å². The van der Waals surface area contributed by atoms with Gasteiger partial charge in [-0.05, 0) is 29.6 Å². The molecule has 5 N–H and O–H groups in total. The zero-order valence-electron chi connectivity index (χ0n) is 23.5. The summed E-state index contributed by atoms with van der Waals surface area (Å²) in [6.07, 6.45) is 2.25. The summed E-state index contributed by atoms with van der Waals surface area (Å²) in [5, 5.41) is 20.2. The number of urea groups is 1. The van der Waals surface area contributed by atoms with Crippen LogP contribution in [0.4, 0.5) is 4.79 Å². The predicted octanol–water partition coefficient (Wildman–Crippen LogP) is 0.0803. The number of ketones is 1. The molecule has 1 saturated heterocycles. The average Bonchev–Trinajstić information content (AvgIpc) is 3.53. The van der Waals surface area contributed by atoms with Crippen LogP contribution in [0.3, 0.4) is 0 Å². The number of aliphatic hydroxyl groups excluding tert-OH is 1. The summed E-state index contributed by atoms with van der Waals surface area (Å²) in [6, 6.07) is -3.45. The molecule has 12 heteroatoms. The Morgan fingerprint density at radius 3 is 2.33 bits per heavy atom. The molecule has 39 heavy (non-hydrogen) atoms. The molecule has 1 unspecified atom stereocenters. The van der Waals surface area contributed by atoms with E-state index in [1.807, 2.05) is 0 Å². The molecular formula is C27H43N5O7. The Hall–Kier alpha value is -3.25. The first-order valence-corrected chi connectivity index (χ1v) is 13.2. The first-order valence-electron chi connectivity index (χ1n) is 13.2. The van der Waals surface area contributed by atoms with Gasteiger partial charge in [0.1, 0.15) is 24.7 Å². The molecule has 2 fully saturated rings. The molecule has 218 valence electrons. The summed E-state index contributed by atoms with van der Waals surface area (Å²) in [4.78, 5) is 65.8. The number of piperidine rings is 1. The molecule has 2 aliphatic rings. The van der Waals surface area contributed by atoms with Gasteiger partial charge in [0.05, 0.1) is 6.54 Å². The fourth-order valence-corrected chi connectivity index (χ4v) is 4.57. The van der Waals surface area contributed by atoms with Crippen molar-refractivity contribution in [3.8, 4) is 0 Å². The van der Waals surface area contributed by atoms with Crippen molar-refractivity contribution in [3.63, 3.8) is 0 Å². The molecule has 1 heterocycles. The van der Waals surface area contributed by atoms with Crippen molar-refractivity contribution >= 4 is 29.6 Å². The monoisotopic (exact) mass is 549 g/mol. The van der Waals surface area contributed by atoms with Gasteiger partial charge in [0.2, 0.25) is 11.8 Å². The maximum Gasteiger partial charge on any atom is 0.329 e. The van der Waals surface area contributed by atoms with E-state index >= 15 is 0 Å². The molecular weight excluding hydrogens is 506 g/mol. The molecule has 0 aromatic heterocycles. The van der Waals surface area contributed by atoms with Gasteiger partial charge in [-0.1, -0.05) is 53.3 Å². The van der Waals surface area contributed by atoms with Gasteiger partial charge < -0.3 is 30.7 Å². The number of aliphatic hydroxyl groups is 1. The molecule has 12 nitrogen and oxygen atoms in total. The third-order valence-corrected chi connectivity index (χ3v) is 6.84. The highest BCUT2D eigenvalue weighted by Crippen LogP contribution is 2.50. The largest absolute Gasteiger partial charge is 0.460 e. The highest BCUT2D eigenvalue weighted by atomic mass is 16.5. The lowest BCUT2D eigenvalue weighted by Crippen LogP contribution is -2.61. The van der Waals surface area contributed by atoms with Crippen LogP contribution in [0.2, 0.25) is 0 Å². The molecule has 1 aliphatic heterocycles. The number of nitrogens with zero attached hydrogens (tertiary/aromatic N) is 1. The number of fused-ring (bicyclic) bond motifs is 1. The maximum absolute atomic E-state index is 13.7. The SMILES string of the molecule is C=CCNC(O)C(=O)CNC(=O)[C@@H]1[C@H]2C[C@H]2CN1C(=O)[C@@H](NC(=O)N[C@H](C(=O)OCC=C)C(C)C)C(C)(C)C. The van der Waals surface area contributed by atoms with Crippen LogP contribution < -0.4 is 21.3 Å². The minimum atomic E-state index is -1.45. The second-order valence-corrected chi connectivity index (χ2v) is 11.4. The highest BCUT2D eigenvalue weighted by molar-refractivity contribution is 5.95. The van der Waals surface area contributed by atoms with Gasteiger partial charge in [-0.15, -0.1) is 6.58 Å². The number of nitrogens with one attached hydrogen (secondary N) is 4. The van der Waals surface area contributed by atoms with Gasteiger partial charge in [-0.3, -0.25) is 19.7 Å². The quantitative estimate of drug-likeness (QED) is 0.115. The van der Waals surface area contributed by atoms with Crippen LogP contribution in [0.15, 0.2) is 25.3 Å². The van der Waals surface area contributed by atoms with Crippen molar-refractivity contribution in [1.29, 1.82) is 0 Å². The van der Waals surface area contributed by atoms with Crippen molar-refractivity contribution in [1.82, 2.24) is 26.2 Å². The molecule has 0 aromatic carbocycles. The summed E-state index contributed by atoms with van der Waals surface area (Å²) in [5.74, 6) is -2.30. The number of esters is 1. The minimum Gasteiger partial charge on any atom is -0.460 e. The fourth-order valence-electron chi connectivity index (χ4n) is 4.57. The van der Waals surface area contributed by atoms with Crippen LogP contribution in [0.1, 0.15) is 41.0 Å². The molecule has 6 atom stereocenters. The van der Waals surface area contributed by atoms with Crippen molar-refractivity contribution in [2.24, 2.45) is 23.2 Å². The maximum atomic E-state index is 13.7. The van der Waals surface area contributed by atoms with E-state index in [1.165, 1.54) is 17.1 Å². The summed E-state index contributed by atoms with van der Waals surface area (Å²) in [6.45, 7) is 16.1. The summed E-state index contributed by atoms with van der Waals surface area (Å²) < 4.78 is 5.08. The lowest BCUT2D eigenvalue weighted by atomic mass is 9.85. The number of carbonyl (C=O) groups excluding carboxylic acids is 5. The van der Waals surface area contributed by atoms with Gasteiger partial charge >= 0.3 is 12.0 Å². The van der Waals surface area contributed by atoms with E-state index in [9.17, 15) is 29.1 Å². The Kier molecular flexibility index (Phi) is 11.2. The third kappa shape index (κ3) is 8.62. The zero-order chi connectivity index (χ0) is 29.5. The lowest BCUT2D eigenvalue weighted by molar-refractivity contribution is -0.145. The lowest BCUT2D eigenvalue weighted by Gasteiger charge is -2.36. The van der Waals surface area contributed by atoms with Gasteiger partial charge in [0.25, 0.3) is 0 Å². The summed E-state index contributed by atoms with van der Waals surface area (Å²) in [5.41, 5.74) is -0.726. The van der Waals surface area contributed by atoms with E-state index in [1.54, 1.807) is 34.6 Å². The van der Waals surface area contributed by atoms with Gasteiger partial charge in [0, 0.05) is 13.1 Å². The van der Waals surface area contributed by atoms with E-state index in [2.05, 4.69) is 34.4 Å². The van der Waals surface area contributed by atoms with Crippen LogP contribution in [-0.2, 0) is 23.9 Å². The summed E-state index contributed by atoms with van der Waals surface area (Å²) in [7, 11) is 0. The van der Waals surface area contributed by atoms with E-state index in [4.69, 9.17) is 4.74 Å². The molecule has 0 radical (unpaired) electrons. The van der Waals surface area contributed by atoms with Crippen molar-refractivity contribution < 1.29 is 33.8 Å². The number of hydrogen-bond donors (Lipinski definition) is 5. The molecule has 0 aromatic rings. The third-order valence-electron chi connectivity index (χ3n) is 6.84. The van der Waals surface area contributed by atoms with E-state index < -0.39 is 65.9 Å². The Bertz CT molecular complexity index is 961. The second kappa shape index (κ2) is 13.7. The molecule has 0 spiro atoms. The number of rotatable bonds is 14. The zero-order valence-corrected chi connectivity index (χ0v) is 23.5. The van der Waals surface area contributed by atoms with Crippen molar-refractivity contribution in [2.75, 3.05) is 26.2 Å². The Morgan fingerprint density at radius 1 is 1.10 bits per heavy atom. The first kappa shape index (κ1) is 32.0. The first-order chi connectivity index (χ1) is 18.2. The summed E-state index contributed by atoms with van der Waals surface area (Å²) >= 11 is 0. The normalized spacial score (nSPS) is 22.1. The number of likely N-dealkylation sites (tertiary alicyclic amines) is 1. The average molecular weight is 550 g/mol. The molecule has 1 aliphatic carbocycles. The van der Waals surface area contributed by atoms with Crippen LogP contribution >= 0.6 is 0 Å². The fraction of sp³-hybridized carbons (Fsp3) is 0.667. The number of amides is 4. The number of Topliss-reactive ketones (excluding diaryl/α,β-unsaturated/α-hetero) is 1. The topological polar surface area (TPSA) is 166 Å². The minimum absolute atomic E-state index is 0.00505. The van der Waals surface area contributed by atoms with E-state index in [0.717, 1.165) is 6.42 Å². The van der Waals surface area contributed by atoms with E-state index in [-0.39, 0.29) is 30.9 Å².